The van der Waals surface area contributed by atoms with Crippen LogP contribution in [0.2, 0.25) is 6.93 Å². The summed E-state index contributed by atoms with van der Waals surface area (Å²) in [6.07, 6.45) is 0. The van der Waals surface area contributed by atoms with E-state index in [4.69, 9.17) is 0 Å². The summed E-state index contributed by atoms with van der Waals surface area (Å²) in [7, 11) is 0. The van der Waals surface area contributed by atoms with Crippen molar-refractivity contribution in [3.63, 3.8) is 0 Å². The van der Waals surface area contributed by atoms with E-state index < -0.39 is 0 Å². The fourth-order valence-electron chi connectivity index (χ4n) is 0.944. The summed E-state index contributed by atoms with van der Waals surface area (Å²) in [5.74, 6) is 0. The topological polar surface area (TPSA) is 0 Å². The van der Waals surface area contributed by atoms with E-state index in [2.05, 4.69) is 69.2 Å². The van der Waals surface area contributed by atoms with Gasteiger partial charge in [-0.05, 0) is 0 Å². The van der Waals surface area contributed by atoms with Crippen molar-refractivity contribution in [1.82, 2.24) is 0 Å². The molecule has 0 bridgehead atoms. The minimum absolute atomic E-state index is 0.0508. The van der Waals surface area contributed by atoms with Crippen molar-refractivity contribution >= 4 is 20.9 Å². The molecule has 0 aromatic carbocycles. The molecule has 15 heavy (non-hydrogen) atoms. The molecule has 0 aromatic heterocycles. The van der Waals surface area contributed by atoms with Crippen molar-refractivity contribution in [2.24, 2.45) is 10.8 Å². The summed E-state index contributed by atoms with van der Waals surface area (Å²) in [5, 5.41) is 0. The van der Waals surface area contributed by atoms with E-state index in [-0.39, 0.29) is 20.9 Å². The maximum atomic E-state index is 2.46. The SMILES string of the molecule is CC(C)(C)C(C)(C)[Te]C(C)(C)C(C)(C)C. The van der Waals surface area contributed by atoms with Crippen molar-refractivity contribution in [3.05, 3.63) is 0 Å². The zero-order valence-electron chi connectivity index (χ0n) is 12.4. The second-order valence-electron chi connectivity index (χ2n) is 7.62. The van der Waals surface area contributed by atoms with Gasteiger partial charge in [-0.25, -0.2) is 0 Å². The van der Waals surface area contributed by atoms with Crippen LogP contribution >= 0.6 is 0 Å². The Bertz CT molecular complexity index is 186. The second-order valence-corrected chi connectivity index (χ2v) is 14.0. The number of hydrogen-bond donors (Lipinski definition) is 0. The van der Waals surface area contributed by atoms with Gasteiger partial charge in [0.2, 0.25) is 0 Å². The first kappa shape index (κ1) is 15.8. The predicted molar refractivity (Wildman–Crippen MR) is 72.7 cm³/mol. The molecular weight excluding hydrogens is 296 g/mol. The third-order valence-electron chi connectivity index (χ3n) is 4.12. The van der Waals surface area contributed by atoms with Crippen molar-refractivity contribution in [3.8, 4) is 0 Å². The van der Waals surface area contributed by atoms with Crippen molar-refractivity contribution in [1.29, 1.82) is 0 Å². The summed E-state index contributed by atoms with van der Waals surface area (Å²) >= 11 is -0.0508. The van der Waals surface area contributed by atoms with Crippen LogP contribution in [0.1, 0.15) is 69.2 Å². The normalized spacial score (nSPS) is 15.6. The van der Waals surface area contributed by atoms with Crippen LogP contribution in [0.5, 0.6) is 0 Å². The third-order valence-corrected chi connectivity index (χ3v) is 10.5. The van der Waals surface area contributed by atoms with Gasteiger partial charge in [-0.3, -0.25) is 0 Å². The molecule has 0 spiro atoms. The van der Waals surface area contributed by atoms with Crippen LogP contribution in [0.3, 0.4) is 0 Å². The van der Waals surface area contributed by atoms with E-state index in [1.165, 1.54) is 0 Å². The summed E-state index contributed by atoms with van der Waals surface area (Å²) in [5.41, 5.74) is 0.857. The van der Waals surface area contributed by atoms with Crippen molar-refractivity contribution < 1.29 is 0 Å². The van der Waals surface area contributed by atoms with Crippen LogP contribution in [-0.2, 0) is 0 Å². The number of hydrogen-bond acceptors (Lipinski definition) is 0. The monoisotopic (exact) mass is 328 g/mol. The summed E-state index contributed by atoms with van der Waals surface area (Å²) in [6.45, 7) is 24.2. The molecule has 0 heterocycles. The standard InChI is InChI=1S/C14H30Te/c1-11(2,3)13(7,8)15-14(9,10)12(4,5)6/h1-10H3. The Morgan fingerprint density at radius 2 is 0.667 bits per heavy atom. The van der Waals surface area contributed by atoms with Gasteiger partial charge in [0, 0.05) is 0 Å². The van der Waals surface area contributed by atoms with Gasteiger partial charge in [-0.2, -0.15) is 0 Å². The van der Waals surface area contributed by atoms with Gasteiger partial charge in [0.1, 0.15) is 0 Å². The van der Waals surface area contributed by atoms with Gasteiger partial charge < -0.3 is 0 Å². The molecule has 0 amide bonds. The van der Waals surface area contributed by atoms with Crippen LogP contribution in [0.4, 0.5) is 0 Å². The van der Waals surface area contributed by atoms with Crippen LogP contribution in [0, 0.1) is 10.8 Å². The quantitative estimate of drug-likeness (QED) is 0.614. The van der Waals surface area contributed by atoms with Crippen LogP contribution in [0.15, 0.2) is 0 Å². The molecule has 1 heteroatoms. The van der Waals surface area contributed by atoms with Gasteiger partial charge in [0.25, 0.3) is 0 Å². The van der Waals surface area contributed by atoms with Crippen molar-refractivity contribution in [2.45, 2.75) is 76.2 Å². The first-order valence-corrected chi connectivity index (χ1v) is 8.24. The first-order valence-electron chi connectivity index (χ1n) is 5.91. The average molecular weight is 326 g/mol. The van der Waals surface area contributed by atoms with E-state index in [1.807, 2.05) is 0 Å². The molecule has 0 N–H and O–H groups in total. The molecule has 0 atom stereocenters. The molecule has 0 aromatic rings. The van der Waals surface area contributed by atoms with Gasteiger partial charge in [-0.1, -0.05) is 0 Å². The maximum absolute atomic E-state index is 2.46. The van der Waals surface area contributed by atoms with E-state index in [0.29, 0.717) is 17.8 Å². The Morgan fingerprint density at radius 1 is 0.467 bits per heavy atom. The summed E-state index contributed by atoms with van der Waals surface area (Å²) in [6, 6.07) is 0. The van der Waals surface area contributed by atoms with Crippen molar-refractivity contribution in [2.75, 3.05) is 0 Å². The zero-order chi connectivity index (χ0) is 12.7. The molecule has 92 valence electrons. The Kier molecular flexibility index (Phi) is 4.45. The van der Waals surface area contributed by atoms with Gasteiger partial charge in [0.05, 0.1) is 0 Å². The molecule has 0 nitrogen and oxygen atoms in total. The summed E-state index contributed by atoms with van der Waals surface area (Å²) in [4.78, 5) is 0. The predicted octanol–water partition coefficient (Wildman–Crippen LogP) is 5.18. The van der Waals surface area contributed by atoms with E-state index in [0.717, 1.165) is 0 Å². The molecule has 0 aliphatic carbocycles. The molecule has 0 saturated carbocycles. The fraction of sp³-hybridized carbons (Fsp3) is 1.00. The van der Waals surface area contributed by atoms with Gasteiger partial charge >= 0.3 is 108 Å². The number of rotatable bonds is 2. The first-order chi connectivity index (χ1) is 6.21. The van der Waals surface area contributed by atoms with Crippen LogP contribution in [0.25, 0.3) is 0 Å². The molecular formula is C14H30Te. The van der Waals surface area contributed by atoms with E-state index >= 15 is 0 Å². The van der Waals surface area contributed by atoms with E-state index in [1.54, 1.807) is 0 Å². The minimum atomic E-state index is -0.0508. The second kappa shape index (κ2) is 4.23. The van der Waals surface area contributed by atoms with Gasteiger partial charge in [-0.15, -0.1) is 0 Å². The molecule has 0 aliphatic rings. The molecule has 0 rings (SSSR count). The molecule has 0 aliphatic heterocycles. The Balaban J connectivity index is 4.89. The Hall–Kier alpha value is 0.790. The van der Waals surface area contributed by atoms with Crippen LogP contribution < -0.4 is 0 Å². The Labute approximate surface area is 108 Å². The summed E-state index contributed by atoms with van der Waals surface area (Å²) < 4.78 is 1.02. The Morgan fingerprint density at radius 3 is 0.800 bits per heavy atom. The molecule has 0 saturated heterocycles. The molecule has 0 unspecified atom stereocenters. The molecule has 0 radical (unpaired) electrons. The van der Waals surface area contributed by atoms with E-state index in [9.17, 15) is 0 Å². The van der Waals surface area contributed by atoms with Crippen LogP contribution in [-0.4, -0.2) is 20.9 Å². The average Bonchev–Trinajstić information content (AvgIpc) is 1.77. The third kappa shape index (κ3) is 3.94. The van der Waals surface area contributed by atoms with Gasteiger partial charge in [0.15, 0.2) is 0 Å². The fourth-order valence-corrected chi connectivity index (χ4v) is 6.33. The zero-order valence-corrected chi connectivity index (χ0v) is 14.7. The molecule has 0 fully saturated rings.